The van der Waals surface area contributed by atoms with Gasteiger partial charge in [0, 0.05) is 5.56 Å². The van der Waals surface area contributed by atoms with Crippen molar-refractivity contribution in [2.75, 3.05) is 20.2 Å². The van der Waals surface area contributed by atoms with E-state index in [-0.39, 0.29) is 17.7 Å². The van der Waals surface area contributed by atoms with Gasteiger partial charge in [-0.1, -0.05) is 6.07 Å². The molecule has 0 radical (unpaired) electrons. The number of nitrogens with one attached hydrogen (secondary N) is 2. The fourth-order valence-corrected chi connectivity index (χ4v) is 3.03. The number of carbonyl (C=O) groups is 2. The third kappa shape index (κ3) is 3.29. The second-order valence-corrected chi connectivity index (χ2v) is 6.31. The molecule has 138 valence electrons. The second kappa shape index (κ2) is 6.64. The SMILES string of the molecule is COC(=O)c1cccc(OC2CN(C(=O)c3ccc4[nH]c(=O)[nH]c4c3)C2)c1. The van der Waals surface area contributed by atoms with Gasteiger partial charge in [0.1, 0.15) is 11.9 Å². The van der Waals surface area contributed by atoms with E-state index in [1.807, 2.05) is 0 Å². The van der Waals surface area contributed by atoms with Crippen LogP contribution in [0.2, 0.25) is 0 Å². The lowest BCUT2D eigenvalue weighted by Gasteiger charge is -2.39. The number of likely N-dealkylation sites (tertiary alicyclic amines) is 1. The Bertz CT molecular complexity index is 1080. The summed E-state index contributed by atoms with van der Waals surface area (Å²) in [6.07, 6.45) is -0.141. The molecule has 1 fully saturated rings. The van der Waals surface area contributed by atoms with Crippen LogP contribution in [0.1, 0.15) is 20.7 Å². The van der Waals surface area contributed by atoms with E-state index in [4.69, 9.17) is 9.47 Å². The van der Waals surface area contributed by atoms with Crippen LogP contribution in [0.25, 0.3) is 11.0 Å². The highest BCUT2D eigenvalue weighted by Crippen LogP contribution is 2.22. The number of rotatable bonds is 4. The van der Waals surface area contributed by atoms with Crippen molar-refractivity contribution in [2.24, 2.45) is 0 Å². The number of ether oxygens (including phenoxy) is 2. The summed E-state index contributed by atoms with van der Waals surface area (Å²) in [6, 6.07) is 11.8. The van der Waals surface area contributed by atoms with Crippen molar-refractivity contribution in [3.05, 3.63) is 64.1 Å². The number of aromatic amines is 2. The van der Waals surface area contributed by atoms with Crippen LogP contribution in [0.15, 0.2) is 47.3 Å². The van der Waals surface area contributed by atoms with Gasteiger partial charge in [-0.2, -0.15) is 0 Å². The van der Waals surface area contributed by atoms with Gasteiger partial charge in [-0.15, -0.1) is 0 Å². The third-order valence-electron chi connectivity index (χ3n) is 4.46. The number of carbonyl (C=O) groups excluding carboxylic acids is 2. The maximum absolute atomic E-state index is 12.6. The highest BCUT2D eigenvalue weighted by atomic mass is 16.5. The monoisotopic (exact) mass is 367 g/mol. The van der Waals surface area contributed by atoms with Gasteiger partial charge in [0.15, 0.2) is 0 Å². The molecule has 1 aliphatic heterocycles. The van der Waals surface area contributed by atoms with Crippen molar-refractivity contribution < 1.29 is 19.1 Å². The van der Waals surface area contributed by atoms with Gasteiger partial charge in [0.25, 0.3) is 5.91 Å². The summed E-state index contributed by atoms with van der Waals surface area (Å²) in [5, 5.41) is 0. The first-order chi connectivity index (χ1) is 13.0. The lowest BCUT2D eigenvalue weighted by Crippen LogP contribution is -2.56. The summed E-state index contributed by atoms with van der Waals surface area (Å²) in [4.78, 5) is 42.4. The summed E-state index contributed by atoms with van der Waals surface area (Å²) in [7, 11) is 1.33. The molecule has 0 unspecified atom stereocenters. The van der Waals surface area contributed by atoms with Crippen LogP contribution in [-0.2, 0) is 4.74 Å². The molecule has 3 aromatic rings. The topological polar surface area (TPSA) is 104 Å². The summed E-state index contributed by atoms with van der Waals surface area (Å²) in [6.45, 7) is 0.895. The van der Waals surface area contributed by atoms with Crippen LogP contribution >= 0.6 is 0 Å². The normalized spacial score (nSPS) is 14.0. The molecule has 8 heteroatoms. The molecule has 2 aromatic carbocycles. The summed E-state index contributed by atoms with van der Waals surface area (Å²) >= 11 is 0. The molecule has 0 bridgehead atoms. The molecule has 8 nitrogen and oxygen atoms in total. The lowest BCUT2D eigenvalue weighted by molar-refractivity contribution is 0.0177. The van der Waals surface area contributed by atoms with E-state index in [1.54, 1.807) is 47.4 Å². The number of benzene rings is 2. The number of nitrogens with zero attached hydrogens (tertiary/aromatic N) is 1. The van der Waals surface area contributed by atoms with Crippen molar-refractivity contribution >= 4 is 22.9 Å². The van der Waals surface area contributed by atoms with E-state index in [0.29, 0.717) is 41.0 Å². The molecule has 0 atom stereocenters. The van der Waals surface area contributed by atoms with Gasteiger partial charge in [0.2, 0.25) is 0 Å². The van der Waals surface area contributed by atoms with Gasteiger partial charge >= 0.3 is 11.7 Å². The minimum atomic E-state index is -0.427. The Labute approximate surface area is 153 Å². The average Bonchev–Trinajstić information content (AvgIpc) is 3.02. The van der Waals surface area contributed by atoms with Crippen LogP contribution in [0.4, 0.5) is 0 Å². The van der Waals surface area contributed by atoms with Gasteiger partial charge in [0.05, 0.1) is 36.8 Å². The zero-order valence-electron chi connectivity index (χ0n) is 14.5. The second-order valence-electron chi connectivity index (χ2n) is 6.31. The zero-order chi connectivity index (χ0) is 19.0. The largest absolute Gasteiger partial charge is 0.487 e. The number of imidazole rings is 1. The number of fused-ring (bicyclic) bond motifs is 1. The number of H-pyrrole nitrogens is 2. The van der Waals surface area contributed by atoms with Gasteiger partial charge in [-0.3, -0.25) is 4.79 Å². The summed E-state index contributed by atoms with van der Waals surface area (Å²) in [5.74, 6) is 0.00693. The number of amides is 1. The van der Waals surface area contributed by atoms with Crippen molar-refractivity contribution in [3.8, 4) is 5.75 Å². The predicted octanol–water partition coefficient (Wildman–Crippen LogP) is 1.55. The lowest BCUT2D eigenvalue weighted by atomic mass is 10.1. The molecule has 0 aliphatic carbocycles. The molecule has 4 rings (SSSR count). The van der Waals surface area contributed by atoms with Crippen molar-refractivity contribution in [1.82, 2.24) is 14.9 Å². The van der Waals surface area contributed by atoms with Crippen molar-refractivity contribution in [1.29, 1.82) is 0 Å². The number of esters is 1. The maximum atomic E-state index is 12.6. The quantitative estimate of drug-likeness (QED) is 0.681. The van der Waals surface area contributed by atoms with E-state index in [9.17, 15) is 14.4 Å². The third-order valence-corrected chi connectivity index (χ3v) is 4.46. The number of hydrogen-bond donors (Lipinski definition) is 2. The van der Waals surface area contributed by atoms with Crippen LogP contribution in [0.5, 0.6) is 5.75 Å². The Balaban J connectivity index is 1.39. The van der Waals surface area contributed by atoms with Crippen molar-refractivity contribution in [3.63, 3.8) is 0 Å². The van der Waals surface area contributed by atoms with Crippen molar-refractivity contribution in [2.45, 2.75) is 6.10 Å². The molecule has 1 saturated heterocycles. The molecule has 1 amide bonds. The minimum Gasteiger partial charge on any atom is -0.487 e. The van der Waals surface area contributed by atoms with E-state index in [2.05, 4.69) is 9.97 Å². The van der Waals surface area contributed by atoms with Crippen LogP contribution < -0.4 is 10.4 Å². The standard InChI is InChI=1S/C19H17N3O5/c1-26-18(24)12-3-2-4-13(7-12)27-14-9-22(10-14)17(23)11-5-6-15-16(8-11)21-19(25)20-15/h2-8,14H,9-10H2,1H3,(H2,20,21,25). The Morgan fingerprint density at radius 2 is 1.81 bits per heavy atom. The molecule has 0 saturated carbocycles. The molecule has 27 heavy (non-hydrogen) atoms. The number of hydrogen-bond acceptors (Lipinski definition) is 5. The number of aromatic nitrogens is 2. The molecule has 2 N–H and O–H groups in total. The first-order valence-electron chi connectivity index (χ1n) is 8.40. The Hall–Kier alpha value is -3.55. The van der Waals surface area contributed by atoms with Crippen LogP contribution in [0.3, 0.4) is 0 Å². The zero-order valence-corrected chi connectivity index (χ0v) is 14.5. The van der Waals surface area contributed by atoms with E-state index < -0.39 is 5.97 Å². The molecular weight excluding hydrogens is 350 g/mol. The average molecular weight is 367 g/mol. The fourth-order valence-electron chi connectivity index (χ4n) is 3.03. The molecule has 1 aromatic heterocycles. The maximum Gasteiger partial charge on any atom is 0.337 e. The van der Waals surface area contributed by atoms with Gasteiger partial charge in [-0.25, -0.2) is 9.59 Å². The van der Waals surface area contributed by atoms with Gasteiger partial charge < -0.3 is 24.3 Å². The summed E-state index contributed by atoms with van der Waals surface area (Å²) in [5.41, 5.74) is 1.87. The highest BCUT2D eigenvalue weighted by Gasteiger charge is 2.33. The first-order valence-corrected chi connectivity index (χ1v) is 8.40. The number of methoxy groups -OCH3 is 1. The van der Waals surface area contributed by atoms with Crippen LogP contribution in [0, 0.1) is 0 Å². The molecule has 0 spiro atoms. The van der Waals surface area contributed by atoms with E-state index in [0.717, 1.165) is 0 Å². The smallest absolute Gasteiger partial charge is 0.337 e. The molecule has 2 heterocycles. The molecular formula is C19H17N3O5. The minimum absolute atomic E-state index is 0.123. The predicted molar refractivity (Wildman–Crippen MR) is 97.0 cm³/mol. The van der Waals surface area contributed by atoms with Gasteiger partial charge in [-0.05, 0) is 36.4 Å². The van der Waals surface area contributed by atoms with E-state index in [1.165, 1.54) is 7.11 Å². The van der Waals surface area contributed by atoms with Crippen LogP contribution in [-0.4, -0.2) is 53.0 Å². The molecule has 1 aliphatic rings. The Morgan fingerprint density at radius 3 is 2.59 bits per heavy atom. The van der Waals surface area contributed by atoms with E-state index >= 15 is 0 Å². The Kier molecular flexibility index (Phi) is 4.15. The first kappa shape index (κ1) is 16.9. The fraction of sp³-hybridized carbons (Fsp3) is 0.211. The summed E-state index contributed by atoms with van der Waals surface area (Å²) < 4.78 is 10.5. The Morgan fingerprint density at radius 1 is 1.04 bits per heavy atom. The highest BCUT2D eigenvalue weighted by molar-refractivity contribution is 5.97.